The van der Waals surface area contributed by atoms with Crippen molar-refractivity contribution in [3.63, 3.8) is 0 Å². The number of fused-ring (bicyclic) bond motifs is 1. The summed E-state index contributed by atoms with van der Waals surface area (Å²) >= 11 is 0. The van der Waals surface area contributed by atoms with Gasteiger partial charge >= 0.3 is 5.97 Å². The zero-order valence-corrected chi connectivity index (χ0v) is 21.5. The lowest BCUT2D eigenvalue weighted by molar-refractivity contribution is -0.121. The van der Waals surface area contributed by atoms with E-state index >= 15 is 0 Å². The number of methoxy groups -OCH3 is 2. The Morgan fingerprint density at radius 3 is 2.56 bits per heavy atom. The third kappa shape index (κ3) is 5.11. The number of benzene rings is 2. The number of aromatic nitrogens is 1. The third-order valence-electron chi connectivity index (χ3n) is 6.70. The first-order chi connectivity index (χ1) is 17.4. The van der Waals surface area contributed by atoms with Crippen LogP contribution in [0.2, 0.25) is 0 Å². The molecule has 36 heavy (non-hydrogen) atoms. The minimum Gasteiger partial charge on any atom is -0.497 e. The summed E-state index contributed by atoms with van der Waals surface area (Å²) in [6.07, 6.45) is 0. The lowest BCUT2D eigenvalue weighted by Gasteiger charge is -2.43. The van der Waals surface area contributed by atoms with Crippen LogP contribution >= 0.6 is 0 Å². The van der Waals surface area contributed by atoms with Gasteiger partial charge in [0.15, 0.2) is 0 Å². The molecule has 4 rings (SSSR count). The average molecular weight is 495 g/mol. The van der Waals surface area contributed by atoms with E-state index in [1.807, 2.05) is 31.2 Å². The van der Waals surface area contributed by atoms with E-state index in [0.29, 0.717) is 22.3 Å². The second-order valence-electron chi connectivity index (χ2n) is 8.91. The zero-order chi connectivity index (χ0) is 25.8. The Bertz CT molecular complexity index is 1240. The molecule has 0 spiro atoms. The summed E-state index contributed by atoms with van der Waals surface area (Å²) in [7, 11) is 3.24. The monoisotopic (exact) mass is 494 g/mol. The molecular formula is C27H34N4O5. The summed E-state index contributed by atoms with van der Waals surface area (Å²) in [5.74, 6) is 0.744. The van der Waals surface area contributed by atoms with Gasteiger partial charge in [0.1, 0.15) is 17.2 Å². The van der Waals surface area contributed by atoms with Crippen LogP contribution in [0.25, 0.3) is 10.9 Å². The molecule has 192 valence electrons. The Morgan fingerprint density at radius 1 is 1.11 bits per heavy atom. The molecule has 9 nitrogen and oxygen atoms in total. The Hall–Kier alpha value is -3.72. The van der Waals surface area contributed by atoms with Crippen LogP contribution in [-0.4, -0.2) is 74.3 Å². The first-order valence-corrected chi connectivity index (χ1v) is 12.2. The van der Waals surface area contributed by atoms with Crippen LogP contribution in [0.5, 0.6) is 11.5 Å². The summed E-state index contributed by atoms with van der Waals surface area (Å²) in [6.45, 7) is 8.25. The van der Waals surface area contributed by atoms with Gasteiger partial charge in [-0.15, -0.1) is 0 Å². The minimum atomic E-state index is -0.517. The van der Waals surface area contributed by atoms with Crippen LogP contribution in [0.15, 0.2) is 42.5 Å². The standard InChI is InChI=1S/C27H34N4O5/c1-6-36-27(33)25-24(22-15-21(35-5)10-11-23(22)28-25)29-26(32)18(3)30-12-13-31(17(2)16-30)19-8-7-9-20(14-19)34-4/h7-11,14-15,17-18,28H,6,12-13,16H2,1-5H3,(H,29,32)/t17-,18-/m0/s1. The number of carbonyl (C=O) groups excluding carboxylic acids is 2. The smallest absolute Gasteiger partial charge is 0.356 e. The molecule has 0 unspecified atom stereocenters. The van der Waals surface area contributed by atoms with Crippen molar-refractivity contribution in [2.45, 2.75) is 32.9 Å². The number of carbonyl (C=O) groups is 2. The van der Waals surface area contributed by atoms with Gasteiger partial charge in [-0.1, -0.05) is 6.07 Å². The van der Waals surface area contributed by atoms with Gasteiger partial charge in [0.25, 0.3) is 0 Å². The van der Waals surface area contributed by atoms with E-state index in [-0.39, 0.29) is 24.2 Å². The summed E-state index contributed by atoms with van der Waals surface area (Å²) in [5, 5.41) is 3.68. The van der Waals surface area contributed by atoms with Crippen molar-refractivity contribution < 1.29 is 23.8 Å². The van der Waals surface area contributed by atoms with E-state index in [4.69, 9.17) is 14.2 Å². The number of aromatic amines is 1. The second-order valence-corrected chi connectivity index (χ2v) is 8.91. The summed E-state index contributed by atoms with van der Waals surface area (Å²) in [4.78, 5) is 33.6. The van der Waals surface area contributed by atoms with Crippen LogP contribution in [0.1, 0.15) is 31.3 Å². The molecule has 1 saturated heterocycles. The maximum absolute atomic E-state index is 13.4. The van der Waals surface area contributed by atoms with Crippen molar-refractivity contribution in [2.24, 2.45) is 0 Å². The van der Waals surface area contributed by atoms with Crippen molar-refractivity contribution in [1.29, 1.82) is 0 Å². The highest BCUT2D eigenvalue weighted by atomic mass is 16.5. The van der Waals surface area contributed by atoms with E-state index < -0.39 is 12.0 Å². The van der Waals surface area contributed by atoms with Gasteiger partial charge < -0.3 is 29.4 Å². The Morgan fingerprint density at radius 2 is 1.86 bits per heavy atom. The molecule has 0 bridgehead atoms. The number of rotatable bonds is 8. The normalized spacial score (nSPS) is 17.0. The van der Waals surface area contributed by atoms with Crippen LogP contribution in [-0.2, 0) is 9.53 Å². The van der Waals surface area contributed by atoms with E-state index in [9.17, 15) is 9.59 Å². The largest absolute Gasteiger partial charge is 0.497 e. The van der Waals surface area contributed by atoms with Crippen LogP contribution in [0.4, 0.5) is 11.4 Å². The number of nitrogens with one attached hydrogen (secondary N) is 2. The van der Waals surface area contributed by atoms with Crippen molar-refractivity contribution in [2.75, 3.05) is 50.7 Å². The van der Waals surface area contributed by atoms with Crippen LogP contribution in [0.3, 0.4) is 0 Å². The topological polar surface area (TPSA) is 96.1 Å². The number of hydrogen-bond donors (Lipinski definition) is 2. The fraction of sp³-hybridized carbons (Fsp3) is 0.407. The predicted octanol–water partition coefficient (Wildman–Crippen LogP) is 3.90. The number of anilines is 2. The number of H-pyrrole nitrogens is 1. The lowest BCUT2D eigenvalue weighted by Crippen LogP contribution is -2.56. The summed E-state index contributed by atoms with van der Waals surface area (Å²) in [6, 6.07) is 13.2. The third-order valence-corrected chi connectivity index (χ3v) is 6.70. The summed E-state index contributed by atoms with van der Waals surface area (Å²) in [5.41, 5.74) is 2.44. The lowest BCUT2D eigenvalue weighted by atomic mass is 10.1. The number of piperazine rings is 1. The van der Waals surface area contributed by atoms with Gasteiger partial charge in [-0.05, 0) is 51.1 Å². The molecule has 2 heterocycles. The molecule has 9 heteroatoms. The molecule has 1 amide bonds. The van der Waals surface area contributed by atoms with Gasteiger partial charge in [-0.2, -0.15) is 0 Å². The highest BCUT2D eigenvalue weighted by Crippen LogP contribution is 2.32. The minimum absolute atomic E-state index is 0.189. The number of ether oxygens (including phenoxy) is 3. The molecule has 2 N–H and O–H groups in total. The molecule has 1 aliphatic heterocycles. The highest BCUT2D eigenvalue weighted by molar-refractivity contribution is 6.12. The molecule has 2 atom stereocenters. The Labute approximate surface area is 211 Å². The second kappa shape index (κ2) is 10.9. The van der Waals surface area contributed by atoms with E-state index in [1.54, 1.807) is 33.3 Å². The fourth-order valence-electron chi connectivity index (χ4n) is 4.69. The molecular weight excluding hydrogens is 460 g/mol. The van der Waals surface area contributed by atoms with Crippen LogP contribution in [0, 0.1) is 0 Å². The average Bonchev–Trinajstić information content (AvgIpc) is 3.25. The highest BCUT2D eigenvalue weighted by Gasteiger charge is 2.31. The molecule has 1 aromatic heterocycles. The molecule has 0 aliphatic carbocycles. The molecule has 0 saturated carbocycles. The first kappa shape index (κ1) is 25.4. The maximum Gasteiger partial charge on any atom is 0.356 e. The van der Waals surface area contributed by atoms with Crippen molar-refractivity contribution in [3.8, 4) is 11.5 Å². The van der Waals surface area contributed by atoms with Gasteiger partial charge in [-0.25, -0.2) is 4.79 Å². The van der Waals surface area contributed by atoms with E-state index in [0.717, 1.165) is 31.1 Å². The quantitative estimate of drug-likeness (QED) is 0.459. The summed E-state index contributed by atoms with van der Waals surface area (Å²) < 4.78 is 15.9. The molecule has 0 radical (unpaired) electrons. The number of amides is 1. The van der Waals surface area contributed by atoms with Crippen molar-refractivity contribution >= 4 is 34.2 Å². The molecule has 1 fully saturated rings. The Balaban J connectivity index is 1.52. The van der Waals surface area contributed by atoms with Gasteiger partial charge in [0, 0.05) is 48.3 Å². The van der Waals surface area contributed by atoms with E-state index in [2.05, 4.69) is 33.1 Å². The Kier molecular flexibility index (Phi) is 7.69. The zero-order valence-electron chi connectivity index (χ0n) is 21.5. The van der Waals surface area contributed by atoms with Crippen LogP contribution < -0.4 is 19.7 Å². The molecule has 2 aromatic carbocycles. The van der Waals surface area contributed by atoms with Gasteiger partial charge in [0.2, 0.25) is 5.91 Å². The maximum atomic E-state index is 13.4. The van der Waals surface area contributed by atoms with E-state index in [1.165, 1.54) is 0 Å². The number of esters is 1. The van der Waals surface area contributed by atoms with Gasteiger partial charge in [-0.3, -0.25) is 9.69 Å². The number of nitrogens with zero attached hydrogens (tertiary/aromatic N) is 2. The number of hydrogen-bond acceptors (Lipinski definition) is 7. The SMILES string of the molecule is CCOC(=O)c1[nH]c2ccc(OC)cc2c1NC(=O)[C@H](C)N1CCN(c2cccc(OC)c2)[C@@H](C)C1. The molecule has 3 aromatic rings. The first-order valence-electron chi connectivity index (χ1n) is 12.2. The van der Waals surface area contributed by atoms with Crippen molar-refractivity contribution in [1.82, 2.24) is 9.88 Å². The fourth-order valence-corrected chi connectivity index (χ4v) is 4.69. The van der Waals surface area contributed by atoms with Gasteiger partial charge in [0.05, 0.1) is 32.6 Å². The van der Waals surface area contributed by atoms with Crippen molar-refractivity contribution in [3.05, 3.63) is 48.2 Å². The predicted molar refractivity (Wildman–Crippen MR) is 140 cm³/mol. The molecule has 1 aliphatic rings.